The highest BCUT2D eigenvalue weighted by molar-refractivity contribution is 7.92. The average molecular weight is 348 g/mol. The minimum atomic E-state index is -3.43. The predicted octanol–water partition coefficient (Wildman–Crippen LogP) is 2.35. The molecule has 0 spiro atoms. The summed E-state index contributed by atoms with van der Waals surface area (Å²) in [5, 5.41) is 1.79. The van der Waals surface area contributed by atoms with Crippen molar-refractivity contribution in [2.75, 3.05) is 19.6 Å². The van der Waals surface area contributed by atoms with E-state index in [-0.39, 0.29) is 11.8 Å². The fraction of sp³-hybridized carbons (Fsp3) is 0.353. The molecule has 6 nitrogen and oxygen atoms in total. The highest BCUT2D eigenvalue weighted by Gasteiger charge is 2.27. The number of benzene rings is 1. The Hall–Kier alpha value is -2.12. The number of piperidine rings is 1. The van der Waals surface area contributed by atoms with Crippen LogP contribution >= 0.6 is 0 Å². The van der Waals surface area contributed by atoms with Gasteiger partial charge in [0.2, 0.25) is 10.0 Å². The average Bonchev–Trinajstić information content (AvgIpc) is 3.04. The quantitative estimate of drug-likeness (QED) is 0.899. The van der Waals surface area contributed by atoms with E-state index in [2.05, 4.69) is 11.3 Å². The summed E-state index contributed by atoms with van der Waals surface area (Å²) in [6.45, 7) is 4.74. The number of para-hydroxylation sites is 1. The summed E-state index contributed by atoms with van der Waals surface area (Å²) in [6, 6.07) is 9.24. The van der Waals surface area contributed by atoms with Crippen molar-refractivity contribution >= 4 is 26.9 Å². The highest BCUT2D eigenvalue weighted by atomic mass is 32.2. The Labute approximate surface area is 141 Å². The normalized spacial score (nSPS) is 18.7. The lowest BCUT2D eigenvalue weighted by Gasteiger charge is -2.32. The van der Waals surface area contributed by atoms with Crippen molar-refractivity contribution in [3.05, 3.63) is 48.1 Å². The van der Waals surface area contributed by atoms with Crippen LogP contribution in [0.2, 0.25) is 0 Å². The molecule has 128 valence electrons. The first-order valence-electron chi connectivity index (χ1n) is 7.88. The number of fused-ring (bicyclic) bond motifs is 1. The number of carbonyl (C=O) groups is 1. The van der Waals surface area contributed by atoms with E-state index in [0.29, 0.717) is 31.0 Å². The fourth-order valence-electron chi connectivity index (χ4n) is 2.95. The lowest BCUT2D eigenvalue weighted by Crippen LogP contribution is -2.43. The van der Waals surface area contributed by atoms with Crippen LogP contribution in [0.25, 0.3) is 11.0 Å². The van der Waals surface area contributed by atoms with Crippen LogP contribution in [0.15, 0.2) is 46.7 Å². The predicted molar refractivity (Wildman–Crippen MR) is 92.0 cm³/mol. The SMILES string of the molecule is C=CS(=O)(=O)NC[C@H]1CCCN(C(=O)c2cc3ccccc3o2)C1. The number of rotatable bonds is 5. The van der Waals surface area contributed by atoms with Crippen molar-refractivity contribution in [3.63, 3.8) is 0 Å². The number of likely N-dealkylation sites (tertiary alicyclic amines) is 1. The van der Waals surface area contributed by atoms with Crippen LogP contribution in [-0.4, -0.2) is 38.9 Å². The largest absolute Gasteiger partial charge is 0.451 e. The second-order valence-corrected chi connectivity index (χ2v) is 7.68. The molecule has 0 unspecified atom stereocenters. The van der Waals surface area contributed by atoms with Crippen LogP contribution in [0.3, 0.4) is 0 Å². The van der Waals surface area contributed by atoms with Gasteiger partial charge in [0.05, 0.1) is 0 Å². The molecule has 1 saturated heterocycles. The Bertz CT molecular complexity index is 823. The number of sulfonamides is 1. The molecule has 2 aromatic rings. The third-order valence-electron chi connectivity index (χ3n) is 4.24. The van der Waals surface area contributed by atoms with E-state index in [1.807, 2.05) is 24.3 Å². The van der Waals surface area contributed by atoms with Gasteiger partial charge in [0.15, 0.2) is 5.76 Å². The molecule has 0 aliphatic carbocycles. The van der Waals surface area contributed by atoms with Crippen LogP contribution in [-0.2, 0) is 10.0 Å². The number of hydrogen-bond acceptors (Lipinski definition) is 4. The zero-order valence-corrected chi connectivity index (χ0v) is 14.1. The Balaban J connectivity index is 1.67. The lowest BCUT2D eigenvalue weighted by atomic mass is 9.98. The molecule has 0 radical (unpaired) electrons. The molecule has 0 bridgehead atoms. The van der Waals surface area contributed by atoms with Crippen molar-refractivity contribution in [2.45, 2.75) is 12.8 Å². The summed E-state index contributed by atoms with van der Waals surface area (Å²) in [7, 11) is -3.43. The maximum atomic E-state index is 12.6. The molecule has 1 atom stereocenters. The molecular weight excluding hydrogens is 328 g/mol. The number of nitrogens with one attached hydrogen (secondary N) is 1. The van der Waals surface area contributed by atoms with Crippen molar-refractivity contribution in [1.82, 2.24) is 9.62 Å². The molecule has 24 heavy (non-hydrogen) atoms. The number of nitrogens with zero attached hydrogens (tertiary/aromatic N) is 1. The van der Waals surface area contributed by atoms with E-state index in [0.717, 1.165) is 23.6 Å². The minimum absolute atomic E-state index is 0.0850. The lowest BCUT2D eigenvalue weighted by molar-refractivity contribution is 0.0646. The number of furan rings is 1. The zero-order chi connectivity index (χ0) is 17.2. The van der Waals surface area contributed by atoms with Gasteiger partial charge in [-0.05, 0) is 30.9 Å². The van der Waals surface area contributed by atoms with Gasteiger partial charge in [-0.2, -0.15) is 0 Å². The second kappa shape index (κ2) is 6.78. The highest BCUT2D eigenvalue weighted by Crippen LogP contribution is 2.23. The standard InChI is InChI=1S/C17H20N2O4S/c1-2-24(21,22)18-11-13-6-5-9-19(12-13)17(20)16-10-14-7-3-4-8-15(14)23-16/h2-4,7-8,10,13,18H,1,5-6,9,11-12H2/t13-/m1/s1. The molecule has 1 fully saturated rings. The summed E-state index contributed by atoms with van der Waals surface area (Å²) >= 11 is 0. The topological polar surface area (TPSA) is 79.6 Å². The first kappa shape index (κ1) is 16.7. The summed E-state index contributed by atoms with van der Waals surface area (Å²) in [5.74, 6) is 0.257. The van der Waals surface area contributed by atoms with E-state index < -0.39 is 10.0 Å². The van der Waals surface area contributed by atoms with E-state index >= 15 is 0 Å². The van der Waals surface area contributed by atoms with Gasteiger partial charge < -0.3 is 9.32 Å². The second-order valence-electron chi connectivity index (χ2n) is 5.97. The first-order valence-corrected chi connectivity index (χ1v) is 9.43. The van der Waals surface area contributed by atoms with Crippen molar-refractivity contribution in [1.29, 1.82) is 0 Å². The minimum Gasteiger partial charge on any atom is -0.451 e. The molecule has 1 aliphatic heterocycles. The summed E-state index contributed by atoms with van der Waals surface area (Å²) in [5.41, 5.74) is 0.688. The smallest absolute Gasteiger partial charge is 0.289 e. The van der Waals surface area contributed by atoms with E-state index in [4.69, 9.17) is 4.42 Å². The Morgan fingerprint density at radius 2 is 2.21 bits per heavy atom. The molecular formula is C17H20N2O4S. The molecule has 2 heterocycles. The third-order valence-corrected chi connectivity index (χ3v) is 5.24. The third kappa shape index (κ3) is 3.68. The van der Waals surface area contributed by atoms with Crippen LogP contribution < -0.4 is 4.72 Å². The van der Waals surface area contributed by atoms with Gasteiger partial charge in [-0.1, -0.05) is 24.8 Å². The van der Waals surface area contributed by atoms with Gasteiger partial charge in [-0.25, -0.2) is 13.1 Å². The molecule has 7 heteroatoms. The van der Waals surface area contributed by atoms with Crippen molar-refractivity contribution < 1.29 is 17.6 Å². The zero-order valence-electron chi connectivity index (χ0n) is 13.3. The molecule has 3 rings (SSSR count). The Morgan fingerprint density at radius 3 is 2.96 bits per heavy atom. The maximum Gasteiger partial charge on any atom is 0.289 e. The summed E-state index contributed by atoms with van der Waals surface area (Å²) in [6.07, 6.45) is 1.72. The maximum absolute atomic E-state index is 12.6. The van der Waals surface area contributed by atoms with Crippen LogP contribution in [0.5, 0.6) is 0 Å². The fourth-order valence-corrected chi connectivity index (χ4v) is 3.54. The summed E-state index contributed by atoms with van der Waals surface area (Å²) < 4.78 is 31.0. The molecule has 0 saturated carbocycles. The first-order chi connectivity index (χ1) is 11.5. The van der Waals surface area contributed by atoms with Gasteiger partial charge in [-0.15, -0.1) is 0 Å². The number of amides is 1. The van der Waals surface area contributed by atoms with Crippen LogP contribution in [0.1, 0.15) is 23.4 Å². The van der Waals surface area contributed by atoms with Crippen LogP contribution in [0.4, 0.5) is 0 Å². The molecule has 1 N–H and O–H groups in total. The van der Waals surface area contributed by atoms with Gasteiger partial charge in [-0.3, -0.25) is 4.79 Å². The summed E-state index contributed by atoms with van der Waals surface area (Å²) in [4.78, 5) is 14.4. The van der Waals surface area contributed by atoms with Gasteiger partial charge in [0.25, 0.3) is 5.91 Å². The van der Waals surface area contributed by atoms with Crippen LogP contribution in [0, 0.1) is 5.92 Å². The number of carbonyl (C=O) groups excluding carboxylic acids is 1. The van der Waals surface area contributed by atoms with E-state index in [9.17, 15) is 13.2 Å². The molecule has 1 aliphatic rings. The van der Waals surface area contributed by atoms with Crippen molar-refractivity contribution in [2.24, 2.45) is 5.92 Å². The molecule has 1 amide bonds. The van der Waals surface area contributed by atoms with Gasteiger partial charge >= 0.3 is 0 Å². The van der Waals surface area contributed by atoms with Crippen molar-refractivity contribution in [3.8, 4) is 0 Å². The Kier molecular flexibility index (Phi) is 4.73. The molecule has 1 aromatic carbocycles. The monoisotopic (exact) mass is 348 g/mol. The number of hydrogen-bond donors (Lipinski definition) is 1. The van der Waals surface area contributed by atoms with E-state index in [1.165, 1.54) is 0 Å². The Morgan fingerprint density at radius 1 is 1.42 bits per heavy atom. The van der Waals surface area contributed by atoms with Gasteiger partial charge in [0, 0.05) is 30.4 Å². The van der Waals surface area contributed by atoms with E-state index in [1.54, 1.807) is 11.0 Å². The van der Waals surface area contributed by atoms with Gasteiger partial charge in [0.1, 0.15) is 5.58 Å². The molecule has 1 aromatic heterocycles.